The van der Waals surface area contributed by atoms with Crippen molar-refractivity contribution in [2.75, 3.05) is 13.1 Å². The maximum atomic E-state index is 11.9. The highest BCUT2D eigenvalue weighted by molar-refractivity contribution is 9.10. The van der Waals surface area contributed by atoms with Crippen LogP contribution in [0, 0.1) is 0 Å². The van der Waals surface area contributed by atoms with Gasteiger partial charge >= 0.3 is 0 Å². The number of amides is 1. The van der Waals surface area contributed by atoms with Gasteiger partial charge in [-0.2, -0.15) is 4.98 Å². The summed E-state index contributed by atoms with van der Waals surface area (Å²) in [6.45, 7) is 5.39. The van der Waals surface area contributed by atoms with Crippen molar-refractivity contribution in [3.05, 3.63) is 34.6 Å². The fraction of sp³-hybridized carbons (Fsp3) is 0.400. The van der Waals surface area contributed by atoms with Crippen molar-refractivity contribution in [1.29, 1.82) is 0 Å². The summed E-state index contributed by atoms with van der Waals surface area (Å²) in [7, 11) is 0. The Kier molecular flexibility index (Phi) is 5.50. The van der Waals surface area contributed by atoms with Gasteiger partial charge in [0.25, 0.3) is 0 Å². The Balaban J connectivity index is 1.97. The third-order valence-electron chi connectivity index (χ3n) is 3.24. The zero-order valence-electron chi connectivity index (χ0n) is 12.2. The fourth-order valence-electron chi connectivity index (χ4n) is 2.02. The molecule has 0 bridgehead atoms. The first-order chi connectivity index (χ1) is 10.1. The number of rotatable bonds is 6. The average Bonchev–Trinajstić information content (AvgIpc) is 2.96. The molecule has 5 nitrogen and oxygen atoms in total. The minimum atomic E-state index is 0.114. The van der Waals surface area contributed by atoms with E-state index in [0.29, 0.717) is 24.6 Å². The van der Waals surface area contributed by atoms with Gasteiger partial charge in [0.2, 0.25) is 17.6 Å². The Hall–Kier alpha value is -1.69. The fourth-order valence-corrected chi connectivity index (χ4v) is 2.29. The molecule has 0 N–H and O–H groups in total. The van der Waals surface area contributed by atoms with Gasteiger partial charge in [-0.1, -0.05) is 21.1 Å². The number of hydrogen-bond acceptors (Lipinski definition) is 4. The topological polar surface area (TPSA) is 59.2 Å². The molecule has 0 saturated carbocycles. The van der Waals surface area contributed by atoms with Crippen molar-refractivity contribution in [3.8, 4) is 11.4 Å². The van der Waals surface area contributed by atoms with Gasteiger partial charge in [-0.3, -0.25) is 4.79 Å². The SMILES string of the molecule is CCN(CC)C(=O)CCc1nc(-c2ccc(Br)cc2)no1. The molecule has 1 amide bonds. The number of nitrogens with zero attached hydrogens (tertiary/aromatic N) is 3. The molecule has 0 aliphatic carbocycles. The second-order valence-electron chi connectivity index (χ2n) is 4.58. The van der Waals surface area contributed by atoms with E-state index in [9.17, 15) is 4.79 Å². The molecule has 0 unspecified atom stereocenters. The quantitative estimate of drug-likeness (QED) is 0.800. The molecule has 0 aliphatic rings. The number of benzene rings is 1. The smallest absolute Gasteiger partial charge is 0.227 e. The third-order valence-corrected chi connectivity index (χ3v) is 3.77. The highest BCUT2D eigenvalue weighted by atomic mass is 79.9. The predicted molar refractivity (Wildman–Crippen MR) is 83.7 cm³/mol. The molecule has 6 heteroatoms. The minimum Gasteiger partial charge on any atom is -0.343 e. The Morgan fingerprint density at radius 1 is 1.24 bits per heavy atom. The zero-order valence-corrected chi connectivity index (χ0v) is 13.8. The van der Waals surface area contributed by atoms with Crippen molar-refractivity contribution < 1.29 is 9.32 Å². The first-order valence-electron chi connectivity index (χ1n) is 7.00. The second kappa shape index (κ2) is 7.36. The van der Waals surface area contributed by atoms with Crippen LogP contribution in [0.2, 0.25) is 0 Å². The Bertz CT molecular complexity index is 591. The van der Waals surface area contributed by atoms with Crippen LogP contribution < -0.4 is 0 Å². The van der Waals surface area contributed by atoms with E-state index in [1.165, 1.54) is 0 Å². The van der Waals surface area contributed by atoms with Gasteiger partial charge in [-0.05, 0) is 38.1 Å². The summed E-state index contributed by atoms with van der Waals surface area (Å²) in [5.74, 6) is 1.16. The first kappa shape index (κ1) is 15.7. The molecule has 21 heavy (non-hydrogen) atoms. The van der Waals surface area contributed by atoms with Crippen LogP contribution in [0.5, 0.6) is 0 Å². The number of hydrogen-bond donors (Lipinski definition) is 0. The van der Waals surface area contributed by atoms with Gasteiger partial charge in [0.05, 0.1) is 0 Å². The van der Waals surface area contributed by atoms with Crippen LogP contribution in [0.4, 0.5) is 0 Å². The molecule has 1 aromatic heterocycles. The summed E-state index contributed by atoms with van der Waals surface area (Å²) in [4.78, 5) is 18.1. The highest BCUT2D eigenvalue weighted by Gasteiger charge is 2.13. The Morgan fingerprint density at radius 2 is 1.90 bits per heavy atom. The van der Waals surface area contributed by atoms with Crippen LogP contribution in [-0.4, -0.2) is 34.0 Å². The lowest BCUT2D eigenvalue weighted by molar-refractivity contribution is -0.130. The maximum absolute atomic E-state index is 11.9. The van der Waals surface area contributed by atoms with Crippen LogP contribution in [0.15, 0.2) is 33.3 Å². The number of halogens is 1. The van der Waals surface area contributed by atoms with Crippen LogP contribution in [0.1, 0.15) is 26.2 Å². The van der Waals surface area contributed by atoms with E-state index in [-0.39, 0.29) is 5.91 Å². The maximum Gasteiger partial charge on any atom is 0.227 e. The highest BCUT2D eigenvalue weighted by Crippen LogP contribution is 2.19. The molecule has 1 aromatic carbocycles. The minimum absolute atomic E-state index is 0.114. The molecule has 0 atom stereocenters. The van der Waals surface area contributed by atoms with Gasteiger partial charge in [0, 0.05) is 36.0 Å². The molecule has 0 fully saturated rings. The van der Waals surface area contributed by atoms with Gasteiger partial charge in [0.15, 0.2) is 0 Å². The van der Waals surface area contributed by atoms with E-state index in [1.807, 2.05) is 38.1 Å². The normalized spacial score (nSPS) is 10.6. The molecular formula is C15H18BrN3O2. The van der Waals surface area contributed by atoms with E-state index in [4.69, 9.17) is 4.52 Å². The molecular weight excluding hydrogens is 334 g/mol. The number of aromatic nitrogens is 2. The lowest BCUT2D eigenvalue weighted by Crippen LogP contribution is -2.30. The summed E-state index contributed by atoms with van der Waals surface area (Å²) in [6, 6.07) is 7.68. The average molecular weight is 352 g/mol. The number of aryl methyl sites for hydroxylation is 1. The van der Waals surface area contributed by atoms with Gasteiger partial charge in [0.1, 0.15) is 0 Å². The van der Waals surface area contributed by atoms with Crippen molar-refractivity contribution >= 4 is 21.8 Å². The number of carbonyl (C=O) groups excluding carboxylic acids is 1. The van der Waals surface area contributed by atoms with Gasteiger partial charge < -0.3 is 9.42 Å². The molecule has 112 valence electrons. The number of carbonyl (C=O) groups is 1. The standard InChI is InChI=1S/C15H18BrN3O2/c1-3-19(4-2)14(20)10-9-13-17-15(18-21-13)11-5-7-12(16)8-6-11/h5-8H,3-4,9-10H2,1-2H3. The molecule has 0 saturated heterocycles. The monoisotopic (exact) mass is 351 g/mol. The largest absolute Gasteiger partial charge is 0.343 e. The first-order valence-corrected chi connectivity index (χ1v) is 7.79. The van der Waals surface area contributed by atoms with E-state index in [0.717, 1.165) is 23.1 Å². The third kappa shape index (κ3) is 4.14. The summed E-state index contributed by atoms with van der Waals surface area (Å²) in [5, 5.41) is 3.95. The Morgan fingerprint density at radius 3 is 2.52 bits per heavy atom. The lowest BCUT2D eigenvalue weighted by atomic mass is 10.2. The molecule has 1 heterocycles. The predicted octanol–water partition coefficient (Wildman–Crippen LogP) is 3.30. The molecule has 2 rings (SSSR count). The Labute approximate surface area is 132 Å². The second-order valence-corrected chi connectivity index (χ2v) is 5.50. The molecule has 0 aliphatic heterocycles. The van der Waals surface area contributed by atoms with E-state index < -0.39 is 0 Å². The summed E-state index contributed by atoms with van der Waals surface area (Å²) < 4.78 is 6.20. The van der Waals surface area contributed by atoms with Crippen LogP contribution in [0.25, 0.3) is 11.4 Å². The molecule has 2 aromatic rings. The lowest BCUT2D eigenvalue weighted by Gasteiger charge is -2.17. The van der Waals surface area contributed by atoms with Gasteiger partial charge in [-0.15, -0.1) is 0 Å². The zero-order chi connectivity index (χ0) is 15.2. The molecule has 0 radical (unpaired) electrons. The van der Waals surface area contributed by atoms with Crippen molar-refractivity contribution in [1.82, 2.24) is 15.0 Å². The van der Waals surface area contributed by atoms with Crippen LogP contribution in [0.3, 0.4) is 0 Å². The summed E-state index contributed by atoms with van der Waals surface area (Å²) in [5.41, 5.74) is 0.892. The summed E-state index contributed by atoms with van der Waals surface area (Å²) in [6.07, 6.45) is 0.864. The van der Waals surface area contributed by atoms with Crippen molar-refractivity contribution in [3.63, 3.8) is 0 Å². The molecule has 0 spiro atoms. The van der Waals surface area contributed by atoms with Crippen molar-refractivity contribution in [2.45, 2.75) is 26.7 Å². The van der Waals surface area contributed by atoms with Crippen LogP contribution in [-0.2, 0) is 11.2 Å². The van der Waals surface area contributed by atoms with Crippen LogP contribution >= 0.6 is 15.9 Å². The van der Waals surface area contributed by atoms with E-state index in [2.05, 4.69) is 26.1 Å². The van der Waals surface area contributed by atoms with E-state index >= 15 is 0 Å². The van der Waals surface area contributed by atoms with Crippen molar-refractivity contribution in [2.24, 2.45) is 0 Å². The van der Waals surface area contributed by atoms with E-state index in [1.54, 1.807) is 4.90 Å². The van der Waals surface area contributed by atoms with Gasteiger partial charge in [-0.25, -0.2) is 0 Å². The summed E-state index contributed by atoms with van der Waals surface area (Å²) >= 11 is 3.38.